The summed E-state index contributed by atoms with van der Waals surface area (Å²) < 4.78 is 31.6. The van der Waals surface area contributed by atoms with E-state index >= 15 is 0 Å². The zero-order valence-corrected chi connectivity index (χ0v) is 17.0. The maximum Gasteiger partial charge on any atom is 0.285 e. The molecule has 0 aliphatic carbocycles. The molecular formula is C21H15ClN2O2S2. The molecule has 0 amide bonds. The van der Waals surface area contributed by atoms with Crippen molar-refractivity contribution >= 4 is 33.0 Å². The monoisotopic (exact) mass is 426 g/mol. The van der Waals surface area contributed by atoms with Crippen molar-refractivity contribution in [1.29, 1.82) is 0 Å². The minimum absolute atomic E-state index is 0.103. The molecule has 4 rings (SSSR count). The Morgan fingerprint density at radius 3 is 2.07 bits per heavy atom. The Morgan fingerprint density at radius 2 is 1.43 bits per heavy atom. The van der Waals surface area contributed by atoms with Crippen LogP contribution in [0.15, 0.2) is 99.6 Å². The van der Waals surface area contributed by atoms with Gasteiger partial charge in [0.25, 0.3) is 10.0 Å². The summed E-state index contributed by atoms with van der Waals surface area (Å²) >= 11 is 7.15. The van der Waals surface area contributed by atoms with Crippen LogP contribution in [0, 0.1) is 0 Å². The Labute approximate surface area is 172 Å². The van der Waals surface area contributed by atoms with Crippen LogP contribution in [-0.2, 0) is 10.0 Å². The normalized spacial score (nSPS) is 12.2. The number of thiazole rings is 1. The molecule has 0 unspecified atom stereocenters. The zero-order chi connectivity index (χ0) is 19.6. The minimum Gasteiger partial charge on any atom is -0.284 e. The molecule has 0 aliphatic heterocycles. The highest BCUT2D eigenvalue weighted by molar-refractivity contribution is 7.90. The van der Waals surface area contributed by atoms with Crippen LogP contribution in [0.4, 0.5) is 0 Å². The molecule has 1 heterocycles. The molecule has 0 radical (unpaired) electrons. The Bertz CT molecular complexity index is 1260. The van der Waals surface area contributed by atoms with E-state index in [0.29, 0.717) is 9.82 Å². The number of aromatic nitrogens is 1. The average molecular weight is 427 g/mol. The van der Waals surface area contributed by atoms with Gasteiger partial charge in [-0.2, -0.15) is 8.42 Å². The highest BCUT2D eigenvalue weighted by Gasteiger charge is 2.16. The van der Waals surface area contributed by atoms with E-state index in [9.17, 15) is 8.42 Å². The summed E-state index contributed by atoms with van der Waals surface area (Å²) in [6, 6.07) is 25.4. The van der Waals surface area contributed by atoms with Gasteiger partial charge in [0.15, 0.2) is 0 Å². The fourth-order valence-electron chi connectivity index (χ4n) is 2.77. The molecule has 28 heavy (non-hydrogen) atoms. The van der Waals surface area contributed by atoms with Gasteiger partial charge in [0.1, 0.15) is 0 Å². The van der Waals surface area contributed by atoms with E-state index in [2.05, 4.69) is 4.40 Å². The van der Waals surface area contributed by atoms with Gasteiger partial charge in [0.2, 0.25) is 4.80 Å². The average Bonchev–Trinajstić information content (AvgIpc) is 3.12. The molecule has 140 valence electrons. The summed E-state index contributed by atoms with van der Waals surface area (Å²) in [7, 11) is -3.87. The first kappa shape index (κ1) is 18.7. The van der Waals surface area contributed by atoms with E-state index in [1.54, 1.807) is 12.1 Å². The smallest absolute Gasteiger partial charge is 0.284 e. The molecule has 0 saturated carbocycles. The first-order valence-corrected chi connectivity index (χ1v) is 11.1. The van der Waals surface area contributed by atoms with E-state index in [-0.39, 0.29) is 4.90 Å². The van der Waals surface area contributed by atoms with Gasteiger partial charge in [-0.1, -0.05) is 60.1 Å². The van der Waals surface area contributed by atoms with Crippen molar-refractivity contribution in [3.8, 4) is 16.9 Å². The second kappa shape index (κ2) is 7.75. The first-order chi connectivity index (χ1) is 13.5. The fourth-order valence-corrected chi connectivity index (χ4v) is 5.01. The van der Waals surface area contributed by atoms with Crippen LogP contribution < -0.4 is 4.80 Å². The third kappa shape index (κ3) is 3.80. The summed E-state index contributed by atoms with van der Waals surface area (Å²) in [5.41, 5.74) is 2.70. The second-order valence-electron chi connectivity index (χ2n) is 5.96. The molecule has 0 bridgehead atoms. The van der Waals surface area contributed by atoms with Crippen LogP contribution in [0.25, 0.3) is 16.9 Å². The molecule has 0 N–H and O–H groups in total. The van der Waals surface area contributed by atoms with Crippen LogP contribution in [0.3, 0.4) is 0 Å². The van der Waals surface area contributed by atoms with Gasteiger partial charge in [-0.25, -0.2) is 0 Å². The van der Waals surface area contributed by atoms with Crippen LogP contribution in [-0.4, -0.2) is 13.0 Å². The van der Waals surface area contributed by atoms with Crippen LogP contribution in [0.1, 0.15) is 0 Å². The third-order valence-electron chi connectivity index (χ3n) is 4.10. The van der Waals surface area contributed by atoms with E-state index in [0.717, 1.165) is 16.9 Å². The Morgan fingerprint density at radius 1 is 0.821 bits per heavy atom. The second-order valence-corrected chi connectivity index (χ2v) is 8.84. The predicted molar refractivity (Wildman–Crippen MR) is 113 cm³/mol. The Balaban J connectivity index is 1.94. The summed E-state index contributed by atoms with van der Waals surface area (Å²) in [6.07, 6.45) is 0. The van der Waals surface area contributed by atoms with Gasteiger partial charge in [-0.15, -0.1) is 15.7 Å². The predicted octanol–water partition coefficient (Wildman–Crippen LogP) is 5.15. The standard InChI is InChI=1S/C21H15ClN2O2S2/c22-17-11-13-19(14-12-17)28(25,26)23-21-24(18-9-5-2-6-10-18)20(15-27-21)16-7-3-1-4-8-16/h1-15H/b23-21+. The van der Waals surface area contributed by atoms with E-state index in [1.165, 1.54) is 23.5 Å². The molecule has 0 atom stereocenters. The summed E-state index contributed by atoms with van der Waals surface area (Å²) in [5, 5.41) is 2.39. The maximum atomic E-state index is 12.8. The molecule has 7 heteroatoms. The molecule has 0 saturated heterocycles. The van der Waals surface area contributed by atoms with Gasteiger partial charge in [0.05, 0.1) is 10.6 Å². The van der Waals surface area contributed by atoms with Crippen LogP contribution >= 0.6 is 22.9 Å². The summed E-state index contributed by atoms with van der Waals surface area (Å²) in [6.45, 7) is 0. The number of halogens is 1. The number of nitrogens with zero attached hydrogens (tertiary/aromatic N) is 2. The first-order valence-electron chi connectivity index (χ1n) is 8.42. The third-order valence-corrected chi connectivity index (χ3v) is 6.58. The van der Waals surface area contributed by atoms with E-state index in [4.69, 9.17) is 11.6 Å². The fraction of sp³-hybridized carbons (Fsp3) is 0. The van der Waals surface area contributed by atoms with Crippen molar-refractivity contribution in [2.45, 2.75) is 4.90 Å². The van der Waals surface area contributed by atoms with E-state index < -0.39 is 10.0 Å². The Hall–Kier alpha value is -2.67. The van der Waals surface area contributed by atoms with Gasteiger partial charge >= 0.3 is 0 Å². The molecule has 0 fully saturated rings. The summed E-state index contributed by atoms with van der Waals surface area (Å²) in [5.74, 6) is 0. The highest BCUT2D eigenvalue weighted by atomic mass is 35.5. The zero-order valence-electron chi connectivity index (χ0n) is 14.6. The lowest BCUT2D eigenvalue weighted by Crippen LogP contribution is -2.16. The maximum absolute atomic E-state index is 12.8. The quantitative estimate of drug-likeness (QED) is 0.453. The van der Waals surface area contributed by atoms with Crippen molar-refractivity contribution in [1.82, 2.24) is 4.57 Å². The SMILES string of the molecule is O=S(=O)(/N=c1/scc(-c2ccccc2)n1-c1ccccc1)c1ccc(Cl)cc1. The molecular weight excluding hydrogens is 412 g/mol. The highest BCUT2D eigenvalue weighted by Crippen LogP contribution is 2.24. The van der Waals surface area contributed by atoms with Crippen molar-refractivity contribution in [2.75, 3.05) is 0 Å². The number of para-hydroxylation sites is 1. The van der Waals surface area contributed by atoms with Crippen LogP contribution in [0.5, 0.6) is 0 Å². The topological polar surface area (TPSA) is 51.4 Å². The van der Waals surface area contributed by atoms with Gasteiger partial charge < -0.3 is 0 Å². The minimum atomic E-state index is -3.87. The van der Waals surface area contributed by atoms with Crippen molar-refractivity contribution in [3.63, 3.8) is 0 Å². The number of hydrogen-bond acceptors (Lipinski definition) is 3. The lowest BCUT2D eigenvalue weighted by molar-refractivity contribution is 0.596. The van der Waals surface area contributed by atoms with Crippen molar-refractivity contribution < 1.29 is 8.42 Å². The number of benzene rings is 3. The lowest BCUT2D eigenvalue weighted by Gasteiger charge is -2.09. The largest absolute Gasteiger partial charge is 0.285 e. The van der Waals surface area contributed by atoms with Gasteiger partial charge in [0, 0.05) is 16.1 Å². The molecule has 0 aliphatic rings. The number of hydrogen-bond donors (Lipinski definition) is 0. The molecule has 0 spiro atoms. The molecule has 4 nitrogen and oxygen atoms in total. The van der Waals surface area contributed by atoms with Crippen molar-refractivity contribution in [2.24, 2.45) is 4.40 Å². The van der Waals surface area contributed by atoms with Gasteiger partial charge in [-0.05, 0) is 42.0 Å². The lowest BCUT2D eigenvalue weighted by atomic mass is 10.1. The van der Waals surface area contributed by atoms with Gasteiger partial charge in [-0.3, -0.25) is 4.57 Å². The molecule has 3 aromatic carbocycles. The molecule has 4 aromatic rings. The Kier molecular flexibility index (Phi) is 5.17. The van der Waals surface area contributed by atoms with E-state index in [1.807, 2.05) is 70.6 Å². The van der Waals surface area contributed by atoms with Crippen molar-refractivity contribution in [3.05, 3.63) is 100 Å². The summed E-state index contributed by atoms with van der Waals surface area (Å²) in [4.78, 5) is 0.478. The number of rotatable bonds is 4. The molecule has 1 aromatic heterocycles. The van der Waals surface area contributed by atoms with Crippen LogP contribution in [0.2, 0.25) is 5.02 Å². The number of sulfonamides is 1.